The molecule has 2 aliphatic heterocycles. The number of aromatic nitrogens is 4. The molecule has 3 aromatic rings. The van der Waals surface area contributed by atoms with Gasteiger partial charge in [-0.1, -0.05) is 0 Å². The number of likely N-dealkylation sites (tertiary alicyclic amines) is 1. The molecule has 8 nitrogen and oxygen atoms in total. The minimum atomic E-state index is -0.0516. The summed E-state index contributed by atoms with van der Waals surface area (Å²) in [5.74, 6) is 0.780. The predicted octanol–water partition coefficient (Wildman–Crippen LogP) is 2.94. The van der Waals surface area contributed by atoms with Gasteiger partial charge in [-0.05, 0) is 31.4 Å². The smallest absolute Gasteiger partial charge is 0.231 e. The summed E-state index contributed by atoms with van der Waals surface area (Å²) in [7, 11) is 0. The van der Waals surface area contributed by atoms with Crippen molar-refractivity contribution in [2.75, 3.05) is 31.6 Å². The van der Waals surface area contributed by atoms with Crippen LogP contribution in [-0.2, 0) is 16.1 Å². The molecule has 9 heteroatoms. The Hall–Kier alpha value is -2.49. The summed E-state index contributed by atoms with van der Waals surface area (Å²) in [4.78, 5) is 19.4. The van der Waals surface area contributed by atoms with Gasteiger partial charge < -0.3 is 10.1 Å². The number of ether oxygens (including phenoxy) is 1. The minimum absolute atomic E-state index is 0.0367. The van der Waals surface area contributed by atoms with Gasteiger partial charge in [0, 0.05) is 55.8 Å². The molecule has 1 amide bonds. The van der Waals surface area contributed by atoms with Gasteiger partial charge in [-0.25, -0.2) is 9.67 Å². The lowest BCUT2D eigenvalue weighted by molar-refractivity contribution is -0.119. The highest BCUT2D eigenvalue weighted by atomic mass is 32.1. The van der Waals surface area contributed by atoms with Crippen LogP contribution in [0.4, 0.5) is 5.82 Å². The Morgan fingerprint density at radius 3 is 2.90 bits per heavy atom. The van der Waals surface area contributed by atoms with E-state index in [4.69, 9.17) is 4.74 Å². The average Bonchev–Trinajstić information content (AvgIpc) is 3.55. The number of rotatable bonds is 6. The third-order valence-electron chi connectivity index (χ3n) is 5.97. The summed E-state index contributed by atoms with van der Waals surface area (Å²) in [6, 6.07) is 6.44. The molecule has 0 aromatic carbocycles. The number of nitrogens with one attached hydrogen (secondary N) is 1. The molecule has 0 saturated carbocycles. The SMILES string of the molecule is O=C(Nc1ccnn1C1CCN(Cc2cccn2-c2nccs2)CC1)[C@@H]1CCOC1. The van der Waals surface area contributed by atoms with E-state index < -0.39 is 0 Å². The van der Waals surface area contributed by atoms with Gasteiger partial charge in [-0.15, -0.1) is 11.3 Å². The quantitative estimate of drug-likeness (QED) is 0.656. The lowest BCUT2D eigenvalue weighted by Gasteiger charge is -2.32. The Balaban J connectivity index is 1.19. The first-order valence-electron chi connectivity index (χ1n) is 10.5. The number of carbonyl (C=O) groups is 1. The van der Waals surface area contributed by atoms with Gasteiger partial charge in [-0.2, -0.15) is 5.10 Å². The first kappa shape index (κ1) is 19.5. The molecular weight excluding hydrogens is 400 g/mol. The monoisotopic (exact) mass is 426 g/mol. The number of piperidine rings is 1. The summed E-state index contributed by atoms with van der Waals surface area (Å²) >= 11 is 1.65. The van der Waals surface area contributed by atoms with Crippen LogP contribution in [0.25, 0.3) is 5.13 Å². The molecule has 0 radical (unpaired) electrons. The Kier molecular flexibility index (Phi) is 5.65. The molecule has 30 heavy (non-hydrogen) atoms. The van der Waals surface area contributed by atoms with Crippen molar-refractivity contribution in [1.82, 2.24) is 24.2 Å². The normalized spacial score (nSPS) is 20.6. The van der Waals surface area contributed by atoms with E-state index in [1.54, 1.807) is 17.5 Å². The molecule has 5 rings (SSSR count). The number of carbonyl (C=O) groups excluding carboxylic acids is 1. The lowest BCUT2D eigenvalue weighted by Crippen LogP contribution is -2.35. The van der Waals surface area contributed by atoms with Crippen molar-refractivity contribution in [2.45, 2.75) is 31.8 Å². The zero-order chi connectivity index (χ0) is 20.3. The van der Waals surface area contributed by atoms with Gasteiger partial charge in [0.05, 0.1) is 24.8 Å². The van der Waals surface area contributed by atoms with Crippen LogP contribution in [0.15, 0.2) is 42.2 Å². The molecule has 3 aromatic heterocycles. The molecule has 5 heterocycles. The lowest BCUT2D eigenvalue weighted by atomic mass is 10.0. The fourth-order valence-electron chi connectivity index (χ4n) is 4.29. The van der Waals surface area contributed by atoms with E-state index in [0.29, 0.717) is 19.3 Å². The second-order valence-electron chi connectivity index (χ2n) is 7.90. The summed E-state index contributed by atoms with van der Waals surface area (Å²) in [6.07, 6.45) is 8.50. The third kappa shape index (κ3) is 4.05. The van der Waals surface area contributed by atoms with E-state index >= 15 is 0 Å². The molecule has 2 aliphatic rings. The van der Waals surface area contributed by atoms with E-state index in [1.807, 2.05) is 22.3 Å². The second kappa shape index (κ2) is 8.71. The molecular formula is C21H26N6O2S. The molecule has 2 saturated heterocycles. The van der Waals surface area contributed by atoms with E-state index in [9.17, 15) is 4.79 Å². The van der Waals surface area contributed by atoms with Gasteiger partial charge in [0.2, 0.25) is 5.91 Å². The summed E-state index contributed by atoms with van der Waals surface area (Å²) in [5.41, 5.74) is 1.26. The Bertz CT molecular complexity index is 967. The highest BCUT2D eigenvalue weighted by Gasteiger charge is 2.27. The van der Waals surface area contributed by atoms with Crippen molar-refractivity contribution in [3.05, 3.63) is 47.9 Å². The molecule has 158 valence electrons. The zero-order valence-corrected chi connectivity index (χ0v) is 17.6. The summed E-state index contributed by atoms with van der Waals surface area (Å²) in [5, 5.41) is 10.6. The maximum Gasteiger partial charge on any atom is 0.231 e. The van der Waals surface area contributed by atoms with Gasteiger partial charge in [0.25, 0.3) is 0 Å². The second-order valence-corrected chi connectivity index (χ2v) is 8.78. The van der Waals surface area contributed by atoms with Gasteiger partial charge in [0.1, 0.15) is 5.82 Å². The average molecular weight is 427 g/mol. The molecule has 2 fully saturated rings. The number of anilines is 1. The number of amides is 1. The highest BCUT2D eigenvalue weighted by Crippen LogP contribution is 2.27. The van der Waals surface area contributed by atoms with E-state index in [2.05, 4.69) is 43.2 Å². The standard InChI is InChI=1S/C21H26N6O2S/c28-20(16-6-12-29-15-16)24-19-3-7-23-27(19)17-4-10-25(11-5-17)14-18-2-1-9-26(18)21-22-8-13-30-21/h1-3,7-9,13,16-17H,4-6,10-12,14-15H2,(H,24,28)/t16-/m1/s1. The molecule has 0 spiro atoms. The largest absolute Gasteiger partial charge is 0.381 e. The fourth-order valence-corrected chi connectivity index (χ4v) is 4.95. The van der Waals surface area contributed by atoms with Crippen LogP contribution in [0.2, 0.25) is 0 Å². The van der Waals surface area contributed by atoms with Crippen LogP contribution in [0.3, 0.4) is 0 Å². The van der Waals surface area contributed by atoms with Gasteiger partial charge >= 0.3 is 0 Å². The van der Waals surface area contributed by atoms with Crippen LogP contribution in [0.5, 0.6) is 0 Å². The summed E-state index contributed by atoms with van der Waals surface area (Å²) < 4.78 is 9.50. The topological polar surface area (TPSA) is 77.2 Å². The van der Waals surface area contributed by atoms with Crippen LogP contribution in [0.1, 0.15) is 31.0 Å². The summed E-state index contributed by atoms with van der Waals surface area (Å²) in [6.45, 7) is 4.08. The van der Waals surface area contributed by atoms with Crippen molar-refractivity contribution in [3.8, 4) is 5.13 Å². The first-order valence-corrected chi connectivity index (χ1v) is 11.4. The number of hydrogen-bond donors (Lipinski definition) is 1. The van der Waals surface area contributed by atoms with E-state index in [-0.39, 0.29) is 11.8 Å². The third-order valence-corrected chi connectivity index (χ3v) is 6.74. The zero-order valence-electron chi connectivity index (χ0n) is 16.8. The molecule has 1 atom stereocenters. The predicted molar refractivity (Wildman–Crippen MR) is 115 cm³/mol. The first-order chi connectivity index (χ1) is 14.8. The van der Waals surface area contributed by atoms with Crippen LogP contribution < -0.4 is 5.32 Å². The number of hydrogen-bond acceptors (Lipinski definition) is 6. The Labute approximate surface area is 179 Å². The fraction of sp³-hybridized carbons (Fsp3) is 0.476. The molecule has 0 bridgehead atoms. The highest BCUT2D eigenvalue weighted by molar-refractivity contribution is 7.12. The van der Waals surface area contributed by atoms with Crippen molar-refractivity contribution in [3.63, 3.8) is 0 Å². The van der Waals surface area contributed by atoms with Crippen molar-refractivity contribution in [1.29, 1.82) is 0 Å². The van der Waals surface area contributed by atoms with Gasteiger partial charge in [-0.3, -0.25) is 14.3 Å². The molecule has 0 aliphatic carbocycles. The Morgan fingerprint density at radius 1 is 1.23 bits per heavy atom. The van der Waals surface area contributed by atoms with E-state index in [0.717, 1.165) is 49.8 Å². The maximum absolute atomic E-state index is 12.5. The van der Waals surface area contributed by atoms with Crippen molar-refractivity contribution >= 4 is 23.1 Å². The van der Waals surface area contributed by atoms with Gasteiger partial charge in [0.15, 0.2) is 5.13 Å². The van der Waals surface area contributed by atoms with Crippen LogP contribution >= 0.6 is 11.3 Å². The van der Waals surface area contributed by atoms with Crippen molar-refractivity contribution in [2.24, 2.45) is 5.92 Å². The maximum atomic E-state index is 12.5. The van der Waals surface area contributed by atoms with Crippen LogP contribution in [-0.4, -0.2) is 56.4 Å². The van der Waals surface area contributed by atoms with Crippen LogP contribution in [0, 0.1) is 5.92 Å². The molecule has 1 N–H and O–H groups in total. The molecule has 0 unspecified atom stereocenters. The Morgan fingerprint density at radius 2 is 2.13 bits per heavy atom. The minimum Gasteiger partial charge on any atom is -0.381 e. The van der Waals surface area contributed by atoms with Crippen molar-refractivity contribution < 1.29 is 9.53 Å². The van der Waals surface area contributed by atoms with E-state index in [1.165, 1.54) is 5.69 Å². The number of nitrogens with zero attached hydrogens (tertiary/aromatic N) is 5. The number of thiazole rings is 1.